The number of ether oxygens (including phenoxy) is 1. The van der Waals surface area contributed by atoms with Crippen molar-refractivity contribution in [1.29, 1.82) is 21.0 Å². The molecule has 98 valence electrons. The molecule has 1 heterocycles. The molecule has 1 aromatic carbocycles. The van der Waals surface area contributed by atoms with Crippen LogP contribution in [0.25, 0.3) is 6.08 Å². The second-order valence-electron chi connectivity index (χ2n) is 5.01. The van der Waals surface area contributed by atoms with Crippen molar-refractivity contribution < 1.29 is 4.74 Å². The number of hydrogen-bond acceptors (Lipinski definition) is 5. The maximum atomic E-state index is 9.46. The number of nitriles is 4. The molecule has 1 saturated heterocycles. The molecule has 21 heavy (non-hydrogen) atoms. The third-order valence-corrected chi connectivity index (χ3v) is 4.07. The van der Waals surface area contributed by atoms with Gasteiger partial charge in [0, 0.05) is 5.92 Å². The highest BCUT2D eigenvalue weighted by Gasteiger charge is 2.65. The van der Waals surface area contributed by atoms with E-state index in [1.807, 2.05) is 36.4 Å². The predicted octanol–water partition coefficient (Wildman–Crippen LogP) is 2.02. The molecule has 5 heteroatoms. The lowest BCUT2D eigenvalue weighted by Crippen LogP contribution is -2.34. The molecule has 0 bridgehead atoms. The lowest BCUT2D eigenvalue weighted by molar-refractivity contribution is 0.0122. The topological polar surface area (TPSA) is 104 Å². The third kappa shape index (κ3) is 1.44. The van der Waals surface area contributed by atoms with E-state index >= 15 is 0 Å². The van der Waals surface area contributed by atoms with Crippen molar-refractivity contribution in [3.05, 3.63) is 41.5 Å². The van der Waals surface area contributed by atoms with Crippen LogP contribution in [-0.2, 0) is 4.74 Å². The molecule has 1 aliphatic carbocycles. The zero-order valence-corrected chi connectivity index (χ0v) is 10.8. The summed E-state index contributed by atoms with van der Waals surface area (Å²) in [5.41, 5.74) is -2.04. The second kappa shape index (κ2) is 4.19. The van der Waals surface area contributed by atoms with Gasteiger partial charge in [-0.3, -0.25) is 0 Å². The largest absolute Gasteiger partial charge is 0.311 e. The van der Waals surface area contributed by atoms with Crippen molar-refractivity contribution in [3.63, 3.8) is 0 Å². The minimum Gasteiger partial charge on any atom is -0.311 e. The number of benzene rings is 1. The summed E-state index contributed by atoms with van der Waals surface area (Å²) in [5.74, 6) is -1.31. The first-order chi connectivity index (χ1) is 10.2. The average Bonchev–Trinajstić information content (AvgIpc) is 2.86. The third-order valence-electron chi connectivity index (χ3n) is 4.07. The summed E-state index contributed by atoms with van der Waals surface area (Å²) in [6.45, 7) is 0. The Balaban J connectivity index is 2.31. The van der Waals surface area contributed by atoms with Gasteiger partial charge < -0.3 is 4.74 Å². The van der Waals surface area contributed by atoms with Gasteiger partial charge in [-0.1, -0.05) is 36.4 Å². The molecule has 0 unspecified atom stereocenters. The molecule has 0 N–H and O–H groups in total. The first-order valence-electron chi connectivity index (χ1n) is 6.28. The molecule has 2 atom stereocenters. The molecule has 0 radical (unpaired) electrons. The van der Waals surface area contributed by atoms with Crippen molar-refractivity contribution >= 4 is 6.08 Å². The summed E-state index contributed by atoms with van der Waals surface area (Å²) >= 11 is 0. The van der Waals surface area contributed by atoms with Crippen LogP contribution in [0.15, 0.2) is 30.3 Å². The highest BCUT2D eigenvalue weighted by atomic mass is 16.5. The van der Waals surface area contributed by atoms with Gasteiger partial charge in [0.1, 0.15) is 24.3 Å². The van der Waals surface area contributed by atoms with E-state index in [2.05, 4.69) is 0 Å². The summed E-state index contributed by atoms with van der Waals surface area (Å²) in [6, 6.07) is 14.7. The fourth-order valence-electron chi connectivity index (χ4n) is 3.11. The summed E-state index contributed by atoms with van der Waals surface area (Å²) < 4.78 is 5.44. The molecule has 0 amide bonds. The molecular formula is C16H8N4O. The molecular weight excluding hydrogens is 264 g/mol. The normalized spacial score (nSPS) is 26.3. The van der Waals surface area contributed by atoms with Gasteiger partial charge in [-0.2, -0.15) is 21.0 Å². The molecule has 0 aromatic heterocycles. The first-order valence-corrected chi connectivity index (χ1v) is 6.28. The van der Waals surface area contributed by atoms with Crippen molar-refractivity contribution in [3.8, 4) is 24.3 Å². The summed E-state index contributed by atoms with van der Waals surface area (Å²) in [6.07, 6.45) is 3.49. The zero-order valence-electron chi connectivity index (χ0n) is 10.8. The summed E-state index contributed by atoms with van der Waals surface area (Å²) in [5, 5.41) is 37.7. The Bertz CT molecular complexity index is 784. The van der Waals surface area contributed by atoms with Crippen LogP contribution in [0.1, 0.15) is 17.0 Å². The molecule has 5 nitrogen and oxygen atoms in total. The van der Waals surface area contributed by atoms with Gasteiger partial charge in [0.15, 0.2) is 0 Å². The van der Waals surface area contributed by atoms with E-state index in [9.17, 15) is 21.0 Å². The number of hydrogen-bond donors (Lipinski definition) is 0. The van der Waals surface area contributed by atoms with E-state index in [1.165, 1.54) is 0 Å². The van der Waals surface area contributed by atoms with E-state index < -0.39 is 23.0 Å². The Morgan fingerprint density at radius 2 is 1.52 bits per heavy atom. The molecule has 1 fully saturated rings. The molecule has 1 aromatic rings. The van der Waals surface area contributed by atoms with Crippen LogP contribution in [0.5, 0.6) is 0 Å². The lowest BCUT2D eigenvalue weighted by atomic mass is 9.69. The van der Waals surface area contributed by atoms with Crippen molar-refractivity contribution in [2.24, 2.45) is 5.92 Å². The van der Waals surface area contributed by atoms with Crippen molar-refractivity contribution in [1.82, 2.24) is 0 Å². The second-order valence-corrected chi connectivity index (χ2v) is 5.01. The van der Waals surface area contributed by atoms with Gasteiger partial charge in [-0.05, 0) is 11.1 Å². The van der Waals surface area contributed by atoms with Crippen LogP contribution in [-0.4, -0.2) is 11.2 Å². The monoisotopic (exact) mass is 272 g/mol. The minimum absolute atomic E-state index is 0.651. The zero-order chi connectivity index (χ0) is 15.1. The van der Waals surface area contributed by atoms with E-state index in [0.29, 0.717) is 0 Å². The number of nitrogens with zero attached hydrogens (tertiary/aromatic N) is 4. The standard InChI is InChI=1S/C16H8N4O/c17-7-15(8-18)13-6-5-11-3-1-2-4-12(11)14(13)16(9-19,10-20)21-15/h1-6,13-14H/t13-,14+/m0/s1. The van der Waals surface area contributed by atoms with Gasteiger partial charge in [-0.15, -0.1) is 0 Å². The first kappa shape index (κ1) is 12.9. The van der Waals surface area contributed by atoms with Crippen LogP contribution in [0.3, 0.4) is 0 Å². The van der Waals surface area contributed by atoms with Crippen LogP contribution >= 0.6 is 0 Å². The van der Waals surface area contributed by atoms with E-state index in [1.54, 1.807) is 24.3 Å². The highest BCUT2D eigenvalue weighted by Crippen LogP contribution is 2.55. The van der Waals surface area contributed by atoms with Gasteiger partial charge in [0.25, 0.3) is 11.2 Å². The van der Waals surface area contributed by atoms with Gasteiger partial charge in [0.05, 0.1) is 5.92 Å². The van der Waals surface area contributed by atoms with Gasteiger partial charge in [0.2, 0.25) is 0 Å². The Hall–Kier alpha value is -3.12. The van der Waals surface area contributed by atoms with Crippen LogP contribution in [0.4, 0.5) is 0 Å². The maximum Gasteiger partial charge on any atom is 0.251 e. The fourth-order valence-corrected chi connectivity index (χ4v) is 3.11. The van der Waals surface area contributed by atoms with E-state index in [0.717, 1.165) is 11.1 Å². The fraction of sp³-hybridized carbons (Fsp3) is 0.250. The molecule has 0 spiro atoms. The number of rotatable bonds is 0. The molecule has 2 aliphatic rings. The Labute approximate surface area is 121 Å². The van der Waals surface area contributed by atoms with Crippen molar-refractivity contribution in [2.75, 3.05) is 0 Å². The molecule has 1 aliphatic heterocycles. The van der Waals surface area contributed by atoms with Crippen LogP contribution in [0, 0.1) is 51.2 Å². The smallest absolute Gasteiger partial charge is 0.251 e. The summed E-state index contributed by atoms with van der Waals surface area (Å²) in [4.78, 5) is 0. The van der Waals surface area contributed by atoms with Crippen LogP contribution < -0.4 is 0 Å². The minimum atomic E-state index is -1.84. The Morgan fingerprint density at radius 1 is 0.905 bits per heavy atom. The lowest BCUT2D eigenvalue weighted by Gasteiger charge is -2.27. The SMILES string of the molecule is N#CC1(C#N)OC(C#N)(C#N)[C@H]2C=Cc3ccccc3[C@H]21. The Morgan fingerprint density at radius 3 is 2.14 bits per heavy atom. The molecule has 3 rings (SSSR count). The van der Waals surface area contributed by atoms with Gasteiger partial charge in [-0.25, -0.2) is 0 Å². The van der Waals surface area contributed by atoms with Crippen LogP contribution in [0.2, 0.25) is 0 Å². The van der Waals surface area contributed by atoms with Gasteiger partial charge >= 0.3 is 0 Å². The van der Waals surface area contributed by atoms with E-state index in [-0.39, 0.29) is 0 Å². The van der Waals surface area contributed by atoms with Crippen molar-refractivity contribution in [2.45, 2.75) is 17.1 Å². The quantitative estimate of drug-likeness (QED) is 0.718. The number of fused-ring (bicyclic) bond motifs is 3. The highest BCUT2D eigenvalue weighted by molar-refractivity contribution is 5.63. The molecule has 0 saturated carbocycles. The Kier molecular flexibility index (Phi) is 2.57. The predicted molar refractivity (Wildman–Crippen MR) is 70.7 cm³/mol. The maximum absolute atomic E-state index is 9.46. The average molecular weight is 272 g/mol. The summed E-state index contributed by atoms with van der Waals surface area (Å²) in [7, 11) is 0. The van der Waals surface area contributed by atoms with E-state index in [4.69, 9.17) is 4.74 Å².